The van der Waals surface area contributed by atoms with Crippen molar-refractivity contribution in [1.29, 1.82) is 0 Å². The molecule has 0 aromatic carbocycles. The summed E-state index contributed by atoms with van der Waals surface area (Å²) in [4.78, 5) is 18.3. The van der Waals surface area contributed by atoms with Crippen molar-refractivity contribution in [3.63, 3.8) is 0 Å². The maximum absolute atomic E-state index is 11.5. The Balaban J connectivity index is 2.68. The smallest absolute Gasteiger partial charge is 0.422 e. The summed E-state index contributed by atoms with van der Waals surface area (Å²) >= 11 is 5.55. The summed E-state index contributed by atoms with van der Waals surface area (Å²) in [6.07, 6.45) is -0.276. The van der Waals surface area contributed by atoms with E-state index in [-0.39, 0.29) is 11.1 Å². The van der Waals surface area contributed by atoms with Crippen molar-refractivity contribution < 1.29 is 17.9 Å². The van der Waals surface area contributed by atoms with Crippen molar-refractivity contribution in [3.05, 3.63) is 17.4 Å². The van der Waals surface area contributed by atoms with Gasteiger partial charge in [-0.2, -0.15) is 8.42 Å². The second kappa shape index (κ2) is 5.83. The van der Waals surface area contributed by atoms with Crippen molar-refractivity contribution in [2.75, 3.05) is 4.72 Å². The lowest BCUT2D eigenvalue weighted by Crippen LogP contribution is -2.37. The Morgan fingerprint density at radius 1 is 1.50 bits per heavy atom. The van der Waals surface area contributed by atoms with Crippen molar-refractivity contribution in [2.24, 2.45) is 0 Å². The monoisotopic (exact) mass is 294 g/mol. The van der Waals surface area contributed by atoms with Crippen LogP contribution in [-0.4, -0.2) is 30.6 Å². The van der Waals surface area contributed by atoms with Crippen LogP contribution in [0.2, 0.25) is 5.15 Å². The lowest BCUT2D eigenvalue weighted by atomic mass is 10.5. The largest absolute Gasteiger partial charge is 0.446 e. The van der Waals surface area contributed by atoms with Gasteiger partial charge in [0.25, 0.3) is 0 Å². The molecule has 0 aliphatic carbocycles. The first-order valence-corrected chi connectivity index (χ1v) is 6.64. The van der Waals surface area contributed by atoms with E-state index in [1.54, 1.807) is 18.6 Å². The molecule has 1 heterocycles. The van der Waals surface area contributed by atoms with Crippen LogP contribution in [0.3, 0.4) is 0 Å². The number of anilines is 1. The maximum Gasteiger partial charge on any atom is 0.422 e. The van der Waals surface area contributed by atoms with Gasteiger partial charge in [-0.15, -0.1) is 0 Å². The number of ether oxygens (including phenoxy) is 1. The predicted octanol–water partition coefficient (Wildman–Crippen LogP) is 0.921. The van der Waals surface area contributed by atoms with Gasteiger partial charge in [0.05, 0.1) is 6.10 Å². The van der Waals surface area contributed by atoms with E-state index in [4.69, 9.17) is 11.6 Å². The van der Waals surface area contributed by atoms with Gasteiger partial charge in [-0.05, 0) is 19.9 Å². The van der Waals surface area contributed by atoms with Crippen LogP contribution < -0.4 is 9.44 Å². The minimum absolute atomic E-state index is 0.0625. The van der Waals surface area contributed by atoms with Gasteiger partial charge >= 0.3 is 16.3 Å². The van der Waals surface area contributed by atoms with Crippen LogP contribution in [0.25, 0.3) is 0 Å². The maximum atomic E-state index is 11.5. The number of aromatic nitrogens is 2. The molecule has 18 heavy (non-hydrogen) atoms. The van der Waals surface area contributed by atoms with Crippen LogP contribution in [0, 0.1) is 0 Å². The first kappa shape index (κ1) is 14.5. The summed E-state index contributed by atoms with van der Waals surface area (Å²) in [5.41, 5.74) is 0. The molecule has 100 valence electrons. The molecule has 8 nitrogen and oxygen atoms in total. The molecular weight excluding hydrogens is 284 g/mol. The highest BCUT2D eigenvalue weighted by molar-refractivity contribution is 7.91. The number of nitrogens with one attached hydrogen (secondary N) is 2. The lowest BCUT2D eigenvalue weighted by molar-refractivity contribution is 0.121. The van der Waals surface area contributed by atoms with Gasteiger partial charge in [0.15, 0.2) is 0 Å². The lowest BCUT2D eigenvalue weighted by Gasteiger charge is -2.10. The van der Waals surface area contributed by atoms with Gasteiger partial charge < -0.3 is 4.74 Å². The Bertz CT molecular complexity index is 534. The molecule has 0 atom stereocenters. The minimum atomic E-state index is -4.15. The number of rotatable bonds is 4. The zero-order valence-electron chi connectivity index (χ0n) is 9.55. The average molecular weight is 295 g/mol. The summed E-state index contributed by atoms with van der Waals surface area (Å²) in [7, 11) is -4.15. The average Bonchev–Trinajstić information content (AvgIpc) is 2.13. The van der Waals surface area contributed by atoms with Gasteiger partial charge in [0.2, 0.25) is 5.95 Å². The first-order valence-electron chi connectivity index (χ1n) is 4.78. The van der Waals surface area contributed by atoms with Crippen molar-refractivity contribution in [2.45, 2.75) is 20.0 Å². The first-order chi connectivity index (χ1) is 8.28. The summed E-state index contributed by atoms with van der Waals surface area (Å²) in [5, 5.41) is 0.0625. The third-order valence-corrected chi connectivity index (χ3v) is 2.50. The predicted molar refractivity (Wildman–Crippen MR) is 64.3 cm³/mol. The van der Waals surface area contributed by atoms with E-state index in [9.17, 15) is 13.2 Å². The summed E-state index contributed by atoms with van der Waals surface area (Å²) in [6, 6.07) is 1.37. The van der Waals surface area contributed by atoms with Crippen molar-refractivity contribution >= 4 is 33.9 Å². The van der Waals surface area contributed by atoms with Gasteiger partial charge in [-0.3, -0.25) is 0 Å². The van der Waals surface area contributed by atoms with Gasteiger partial charge in [-0.1, -0.05) is 11.6 Å². The highest BCUT2D eigenvalue weighted by Gasteiger charge is 2.17. The van der Waals surface area contributed by atoms with Crippen LogP contribution in [0.4, 0.5) is 10.7 Å². The van der Waals surface area contributed by atoms with Crippen LogP contribution in [0.5, 0.6) is 0 Å². The zero-order chi connectivity index (χ0) is 13.8. The fraction of sp³-hybridized carbons (Fsp3) is 0.375. The molecule has 1 rings (SSSR count). The Labute approximate surface area is 109 Å². The van der Waals surface area contributed by atoms with E-state index in [1.807, 2.05) is 4.72 Å². The van der Waals surface area contributed by atoms with Crippen LogP contribution >= 0.6 is 11.6 Å². The van der Waals surface area contributed by atoms with E-state index in [1.165, 1.54) is 12.3 Å². The Kier molecular flexibility index (Phi) is 4.68. The number of nitrogens with zero attached hydrogens (tertiary/aromatic N) is 2. The number of amides is 1. The second-order valence-electron chi connectivity index (χ2n) is 3.36. The molecule has 0 aliphatic heterocycles. The fourth-order valence-corrected chi connectivity index (χ4v) is 1.67. The molecule has 1 amide bonds. The van der Waals surface area contributed by atoms with E-state index < -0.39 is 22.4 Å². The molecule has 0 fully saturated rings. The minimum Gasteiger partial charge on any atom is -0.446 e. The molecular formula is C8H11ClN4O4S. The van der Waals surface area contributed by atoms with Crippen molar-refractivity contribution in [1.82, 2.24) is 14.7 Å². The Hall–Kier alpha value is -1.61. The van der Waals surface area contributed by atoms with Crippen molar-refractivity contribution in [3.8, 4) is 0 Å². The van der Waals surface area contributed by atoms with Crippen LogP contribution in [0.15, 0.2) is 12.3 Å². The number of carbonyl (C=O) groups excluding carboxylic acids is 1. The SMILES string of the molecule is CC(C)OC(=O)NS(=O)(=O)Nc1nccc(Cl)n1. The molecule has 0 bridgehead atoms. The van der Waals surface area contributed by atoms with Crippen LogP contribution in [-0.2, 0) is 14.9 Å². The molecule has 0 aliphatic rings. The summed E-state index contributed by atoms with van der Waals surface area (Å²) in [5.74, 6) is -0.257. The third kappa shape index (κ3) is 5.15. The Morgan fingerprint density at radius 2 is 2.17 bits per heavy atom. The zero-order valence-corrected chi connectivity index (χ0v) is 11.1. The highest BCUT2D eigenvalue weighted by Crippen LogP contribution is 2.06. The second-order valence-corrected chi connectivity index (χ2v) is 5.17. The normalized spacial score (nSPS) is 11.1. The summed E-state index contributed by atoms with van der Waals surface area (Å²) < 4.78 is 31.1. The highest BCUT2D eigenvalue weighted by atomic mass is 35.5. The number of carbonyl (C=O) groups is 1. The number of hydrogen-bond acceptors (Lipinski definition) is 6. The number of halogens is 1. The molecule has 1 aromatic rings. The molecule has 0 radical (unpaired) electrons. The van der Waals surface area contributed by atoms with E-state index in [0.29, 0.717) is 0 Å². The van der Waals surface area contributed by atoms with E-state index in [2.05, 4.69) is 14.7 Å². The summed E-state index contributed by atoms with van der Waals surface area (Å²) in [6.45, 7) is 3.17. The third-order valence-electron chi connectivity index (χ3n) is 1.41. The Morgan fingerprint density at radius 3 is 2.72 bits per heavy atom. The molecule has 0 unspecified atom stereocenters. The van der Waals surface area contributed by atoms with E-state index in [0.717, 1.165) is 0 Å². The molecule has 0 spiro atoms. The van der Waals surface area contributed by atoms with E-state index >= 15 is 0 Å². The van der Waals surface area contributed by atoms with Gasteiger partial charge in [0.1, 0.15) is 5.15 Å². The molecule has 10 heteroatoms. The standard InChI is InChI=1S/C8H11ClN4O4S/c1-5(2)17-8(14)13-18(15,16)12-7-10-4-3-6(9)11-7/h3-5H,1-2H3,(H,13,14)(H,10,11,12). The molecule has 2 N–H and O–H groups in total. The quantitative estimate of drug-likeness (QED) is 0.799. The fourth-order valence-electron chi connectivity index (χ4n) is 0.879. The molecule has 1 aromatic heterocycles. The van der Waals surface area contributed by atoms with Gasteiger partial charge in [-0.25, -0.2) is 24.2 Å². The van der Waals surface area contributed by atoms with Crippen LogP contribution in [0.1, 0.15) is 13.8 Å². The topological polar surface area (TPSA) is 110 Å². The molecule has 0 saturated carbocycles. The number of hydrogen-bond donors (Lipinski definition) is 2. The molecule has 0 saturated heterocycles. The van der Waals surface area contributed by atoms with Gasteiger partial charge in [0, 0.05) is 6.20 Å².